The molecule has 0 heterocycles. The second kappa shape index (κ2) is 7.76. The first-order valence-corrected chi connectivity index (χ1v) is 9.41. The minimum absolute atomic E-state index is 0.261. The van der Waals surface area contributed by atoms with Gasteiger partial charge in [-0.15, -0.1) is 0 Å². The number of ether oxygens (including phenoxy) is 2. The van der Waals surface area contributed by atoms with Gasteiger partial charge in [0.05, 0.1) is 11.1 Å². The van der Waals surface area contributed by atoms with Crippen LogP contribution in [0.1, 0.15) is 84.9 Å². The Hall–Kier alpha value is -1.92. The third-order valence-corrected chi connectivity index (χ3v) is 5.19. The molecular weight excluding hydrogens is 336 g/mol. The van der Waals surface area contributed by atoms with Crippen LogP contribution in [0.15, 0.2) is 24.3 Å². The summed E-state index contributed by atoms with van der Waals surface area (Å²) in [7, 11) is 0. The van der Waals surface area contributed by atoms with E-state index in [2.05, 4.69) is 0 Å². The second-order valence-corrected chi connectivity index (χ2v) is 7.37. The fourth-order valence-corrected chi connectivity index (χ4v) is 3.62. The van der Waals surface area contributed by atoms with Crippen molar-refractivity contribution in [3.63, 3.8) is 0 Å². The van der Waals surface area contributed by atoms with Crippen LogP contribution in [0, 0.1) is 0 Å². The summed E-state index contributed by atoms with van der Waals surface area (Å²) in [5.41, 5.74) is 0.522. The van der Waals surface area contributed by atoms with E-state index in [1.807, 2.05) is 0 Å². The summed E-state index contributed by atoms with van der Waals surface area (Å²) < 4.78 is 10.5. The Morgan fingerprint density at radius 1 is 0.654 bits per heavy atom. The largest absolute Gasteiger partial charge is 0.430 e. The number of benzene rings is 1. The number of carbonyl (C=O) groups is 2. The molecule has 6 heteroatoms. The molecule has 0 bridgehead atoms. The zero-order chi connectivity index (χ0) is 18.6. The molecule has 2 N–H and O–H groups in total. The van der Waals surface area contributed by atoms with Crippen LogP contribution in [0.25, 0.3) is 0 Å². The van der Waals surface area contributed by atoms with Crippen molar-refractivity contribution in [3.8, 4) is 0 Å². The molecule has 0 unspecified atom stereocenters. The summed E-state index contributed by atoms with van der Waals surface area (Å²) in [5, 5.41) is 20.6. The van der Waals surface area contributed by atoms with Crippen molar-refractivity contribution in [2.45, 2.75) is 75.8 Å². The van der Waals surface area contributed by atoms with E-state index in [4.69, 9.17) is 9.47 Å². The Morgan fingerprint density at radius 3 is 1.27 bits per heavy atom. The lowest BCUT2D eigenvalue weighted by Crippen LogP contribution is -2.37. The molecule has 2 saturated carbocycles. The Morgan fingerprint density at radius 2 is 0.962 bits per heavy atom. The summed E-state index contributed by atoms with van der Waals surface area (Å²) in [6, 6.07) is 5.87. The van der Waals surface area contributed by atoms with Gasteiger partial charge in [0.2, 0.25) is 11.6 Å². The van der Waals surface area contributed by atoms with E-state index in [1.54, 1.807) is 0 Å². The Labute approximate surface area is 153 Å². The summed E-state index contributed by atoms with van der Waals surface area (Å²) >= 11 is 0. The second-order valence-electron chi connectivity index (χ2n) is 7.37. The average Bonchev–Trinajstić information content (AvgIpc) is 2.62. The van der Waals surface area contributed by atoms with Gasteiger partial charge in [0.15, 0.2) is 0 Å². The zero-order valence-corrected chi connectivity index (χ0v) is 14.9. The SMILES string of the molecule is O=C(OC1(O)CCCCC1)c1ccc(C(=O)OC2(O)CCCCC2)cc1. The summed E-state index contributed by atoms with van der Waals surface area (Å²) in [5.74, 6) is -4.01. The van der Waals surface area contributed by atoms with Crippen LogP contribution in [0.3, 0.4) is 0 Å². The van der Waals surface area contributed by atoms with Crippen molar-refractivity contribution in [1.82, 2.24) is 0 Å². The van der Waals surface area contributed by atoms with Gasteiger partial charge in [0.1, 0.15) is 0 Å². The first-order valence-electron chi connectivity index (χ1n) is 9.41. The van der Waals surface area contributed by atoms with Crippen LogP contribution in [0.4, 0.5) is 0 Å². The van der Waals surface area contributed by atoms with E-state index in [9.17, 15) is 19.8 Å². The summed E-state index contributed by atoms with van der Waals surface area (Å²) in [6.07, 6.45) is 7.17. The van der Waals surface area contributed by atoms with Gasteiger partial charge in [-0.25, -0.2) is 9.59 Å². The molecule has 142 valence electrons. The molecule has 2 aliphatic rings. The van der Waals surface area contributed by atoms with Crippen molar-refractivity contribution < 1.29 is 29.3 Å². The lowest BCUT2D eigenvalue weighted by Gasteiger charge is -2.31. The Kier molecular flexibility index (Phi) is 5.63. The van der Waals surface area contributed by atoms with Gasteiger partial charge >= 0.3 is 11.9 Å². The van der Waals surface area contributed by atoms with Crippen molar-refractivity contribution in [3.05, 3.63) is 35.4 Å². The van der Waals surface area contributed by atoms with Crippen LogP contribution in [0.5, 0.6) is 0 Å². The van der Waals surface area contributed by atoms with Crippen molar-refractivity contribution in [2.24, 2.45) is 0 Å². The summed E-state index contributed by atoms with van der Waals surface area (Å²) in [4.78, 5) is 24.5. The van der Waals surface area contributed by atoms with Crippen molar-refractivity contribution in [2.75, 3.05) is 0 Å². The van der Waals surface area contributed by atoms with E-state index < -0.39 is 23.5 Å². The maximum absolute atomic E-state index is 12.2. The maximum Gasteiger partial charge on any atom is 0.340 e. The topological polar surface area (TPSA) is 93.1 Å². The van der Waals surface area contributed by atoms with Gasteiger partial charge < -0.3 is 19.7 Å². The van der Waals surface area contributed by atoms with Crippen LogP contribution in [0.2, 0.25) is 0 Å². The van der Waals surface area contributed by atoms with Crippen LogP contribution in [-0.4, -0.2) is 33.7 Å². The number of hydrogen-bond acceptors (Lipinski definition) is 6. The molecule has 6 nitrogen and oxygen atoms in total. The first-order chi connectivity index (χ1) is 12.4. The number of aliphatic hydroxyl groups is 2. The monoisotopic (exact) mass is 362 g/mol. The van der Waals surface area contributed by atoms with E-state index in [-0.39, 0.29) is 11.1 Å². The van der Waals surface area contributed by atoms with Crippen LogP contribution >= 0.6 is 0 Å². The fraction of sp³-hybridized carbons (Fsp3) is 0.600. The molecular formula is C20H26O6. The van der Waals surface area contributed by atoms with E-state index >= 15 is 0 Å². The van der Waals surface area contributed by atoms with E-state index in [1.165, 1.54) is 24.3 Å². The fourth-order valence-electron chi connectivity index (χ4n) is 3.62. The molecule has 0 aliphatic heterocycles. The molecule has 26 heavy (non-hydrogen) atoms. The highest BCUT2D eigenvalue weighted by Crippen LogP contribution is 2.31. The van der Waals surface area contributed by atoms with Gasteiger partial charge in [-0.05, 0) is 49.9 Å². The van der Waals surface area contributed by atoms with Gasteiger partial charge in [0.25, 0.3) is 0 Å². The highest BCUT2D eigenvalue weighted by molar-refractivity contribution is 5.93. The molecule has 1 aromatic carbocycles. The molecule has 0 saturated heterocycles. The normalized spacial score (nSPS) is 21.6. The lowest BCUT2D eigenvalue weighted by atomic mass is 9.94. The predicted octanol–water partition coefficient (Wildman–Crippen LogP) is 3.31. The quantitative estimate of drug-likeness (QED) is 0.630. The third-order valence-electron chi connectivity index (χ3n) is 5.19. The van der Waals surface area contributed by atoms with Crippen molar-refractivity contribution in [1.29, 1.82) is 0 Å². The molecule has 1 aromatic rings. The number of carbonyl (C=O) groups excluding carboxylic acids is 2. The van der Waals surface area contributed by atoms with Crippen LogP contribution < -0.4 is 0 Å². The highest BCUT2D eigenvalue weighted by atomic mass is 16.7. The minimum Gasteiger partial charge on any atom is -0.430 e. The molecule has 3 rings (SSSR count). The Bertz CT molecular complexity index is 582. The molecule has 0 spiro atoms. The third kappa shape index (κ3) is 4.62. The first kappa shape index (κ1) is 18.9. The standard InChI is InChI=1S/C20H26O6/c21-17(25-19(23)11-3-1-4-12-19)15-7-9-16(10-8-15)18(22)26-20(24)13-5-2-6-14-20/h7-10,23-24H,1-6,11-14H2. The van der Waals surface area contributed by atoms with Gasteiger partial charge in [-0.3, -0.25) is 0 Å². The van der Waals surface area contributed by atoms with Gasteiger partial charge in [-0.1, -0.05) is 12.8 Å². The average molecular weight is 362 g/mol. The molecule has 0 amide bonds. The summed E-state index contributed by atoms with van der Waals surface area (Å²) in [6.45, 7) is 0. The molecule has 2 aliphatic carbocycles. The minimum atomic E-state index is -1.39. The van der Waals surface area contributed by atoms with Gasteiger partial charge in [-0.2, -0.15) is 0 Å². The molecule has 0 aromatic heterocycles. The highest BCUT2D eigenvalue weighted by Gasteiger charge is 2.35. The number of rotatable bonds is 4. The zero-order valence-electron chi connectivity index (χ0n) is 14.9. The van der Waals surface area contributed by atoms with Crippen LogP contribution in [-0.2, 0) is 9.47 Å². The molecule has 0 radical (unpaired) electrons. The maximum atomic E-state index is 12.2. The lowest BCUT2D eigenvalue weighted by molar-refractivity contribution is -0.184. The number of hydrogen-bond donors (Lipinski definition) is 2. The smallest absolute Gasteiger partial charge is 0.340 e. The predicted molar refractivity (Wildman–Crippen MR) is 93.3 cm³/mol. The molecule has 0 atom stereocenters. The molecule has 2 fully saturated rings. The van der Waals surface area contributed by atoms with E-state index in [0.29, 0.717) is 25.7 Å². The number of esters is 2. The van der Waals surface area contributed by atoms with E-state index in [0.717, 1.165) is 38.5 Å². The Balaban J connectivity index is 1.60. The van der Waals surface area contributed by atoms with Gasteiger partial charge in [0, 0.05) is 25.7 Å². The van der Waals surface area contributed by atoms with Crippen molar-refractivity contribution >= 4 is 11.9 Å².